The maximum atomic E-state index is 12.3. The van der Waals surface area contributed by atoms with Crippen LogP contribution in [0.2, 0.25) is 0 Å². The molecule has 0 unspecified atom stereocenters. The number of ether oxygens (including phenoxy) is 3. The summed E-state index contributed by atoms with van der Waals surface area (Å²) in [6, 6.07) is 8.91. The van der Waals surface area contributed by atoms with E-state index in [9.17, 15) is 22.8 Å². The van der Waals surface area contributed by atoms with Crippen molar-refractivity contribution in [2.24, 2.45) is 5.73 Å². The molecule has 0 saturated carbocycles. The summed E-state index contributed by atoms with van der Waals surface area (Å²) in [5.74, 6) is -1.17. The zero-order chi connectivity index (χ0) is 20.0. The lowest BCUT2D eigenvalue weighted by atomic mass is 10.2. The first-order valence-corrected chi connectivity index (χ1v) is 7.44. The molecule has 2 amide bonds. The van der Waals surface area contributed by atoms with Gasteiger partial charge in [-0.2, -0.15) is 0 Å². The zero-order valence-corrected chi connectivity index (χ0v) is 14.0. The van der Waals surface area contributed by atoms with Gasteiger partial charge in [-0.1, -0.05) is 0 Å². The summed E-state index contributed by atoms with van der Waals surface area (Å²) < 4.78 is 50.4. The number of carbonyl (C=O) groups excluding carboxylic acids is 2. The summed E-state index contributed by atoms with van der Waals surface area (Å²) in [5.41, 5.74) is 5.47. The summed E-state index contributed by atoms with van der Waals surface area (Å²) in [7, 11) is 1.35. The molecule has 3 N–H and O–H groups in total. The average Bonchev–Trinajstić information content (AvgIpc) is 2.60. The maximum absolute atomic E-state index is 12.3. The van der Waals surface area contributed by atoms with Crippen LogP contribution in [0.15, 0.2) is 42.5 Å². The maximum Gasteiger partial charge on any atom is 0.573 e. The number of hydrogen-bond acceptors (Lipinski definition) is 5. The van der Waals surface area contributed by atoms with Gasteiger partial charge < -0.3 is 25.3 Å². The SMILES string of the molecule is COc1cc(C(=O)Nc2ccc(OC(F)(F)F)cc2)ccc1OCC(N)=O. The van der Waals surface area contributed by atoms with E-state index in [2.05, 4.69) is 10.1 Å². The van der Waals surface area contributed by atoms with Crippen LogP contribution in [0.4, 0.5) is 18.9 Å². The summed E-state index contributed by atoms with van der Waals surface area (Å²) >= 11 is 0. The van der Waals surface area contributed by atoms with Crippen LogP contribution in [0.3, 0.4) is 0 Å². The molecule has 27 heavy (non-hydrogen) atoms. The third-order valence-electron chi connectivity index (χ3n) is 3.14. The molecule has 2 aromatic carbocycles. The first kappa shape index (κ1) is 19.9. The number of primary amides is 1. The van der Waals surface area contributed by atoms with Gasteiger partial charge in [0.15, 0.2) is 18.1 Å². The second kappa shape index (κ2) is 8.30. The van der Waals surface area contributed by atoms with Crippen LogP contribution in [0.5, 0.6) is 17.2 Å². The Kier molecular flexibility index (Phi) is 6.11. The van der Waals surface area contributed by atoms with Gasteiger partial charge in [-0.15, -0.1) is 13.2 Å². The Hall–Kier alpha value is -3.43. The van der Waals surface area contributed by atoms with Crippen molar-refractivity contribution >= 4 is 17.5 Å². The first-order chi connectivity index (χ1) is 12.7. The number of rotatable bonds is 7. The predicted molar refractivity (Wildman–Crippen MR) is 88.8 cm³/mol. The monoisotopic (exact) mass is 384 g/mol. The highest BCUT2D eigenvalue weighted by atomic mass is 19.4. The van der Waals surface area contributed by atoms with E-state index >= 15 is 0 Å². The summed E-state index contributed by atoms with van der Waals surface area (Å²) in [4.78, 5) is 23.1. The number of benzene rings is 2. The van der Waals surface area contributed by atoms with Crippen molar-refractivity contribution in [3.8, 4) is 17.2 Å². The van der Waals surface area contributed by atoms with Crippen molar-refractivity contribution in [1.82, 2.24) is 0 Å². The molecular weight excluding hydrogens is 369 g/mol. The smallest absolute Gasteiger partial charge is 0.493 e. The van der Waals surface area contributed by atoms with Crippen molar-refractivity contribution in [2.75, 3.05) is 19.0 Å². The molecule has 0 bridgehead atoms. The minimum atomic E-state index is -4.79. The predicted octanol–water partition coefficient (Wildman–Crippen LogP) is 2.71. The van der Waals surface area contributed by atoms with E-state index in [0.717, 1.165) is 12.1 Å². The lowest BCUT2D eigenvalue weighted by Gasteiger charge is -2.12. The van der Waals surface area contributed by atoms with Gasteiger partial charge in [0.2, 0.25) is 0 Å². The van der Waals surface area contributed by atoms with Crippen LogP contribution >= 0.6 is 0 Å². The lowest BCUT2D eigenvalue weighted by Crippen LogP contribution is -2.20. The Bertz CT molecular complexity index is 822. The van der Waals surface area contributed by atoms with E-state index in [1.807, 2.05) is 0 Å². The number of carbonyl (C=O) groups is 2. The molecule has 144 valence electrons. The topological polar surface area (TPSA) is 99.9 Å². The summed E-state index contributed by atoms with van der Waals surface area (Å²) in [5, 5.41) is 2.52. The second-order valence-electron chi connectivity index (χ2n) is 5.15. The number of nitrogens with two attached hydrogens (primary N) is 1. The molecule has 7 nitrogen and oxygen atoms in total. The number of methoxy groups -OCH3 is 1. The van der Waals surface area contributed by atoms with Gasteiger partial charge in [-0.25, -0.2) is 0 Å². The Balaban J connectivity index is 2.08. The molecule has 2 rings (SSSR count). The number of anilines is 1. The molecule has 0 aromatic heterocycles. The van der Waals surface area contributed by atoms with Crippen LogP contribution < -0.4 is 25.3 Å². The molecule has 0 saturated heterocycles. The van der Waals surface area contributed by atoms with E-state index in [0.29, 0.717) is 0 Å². The standard InChI is InChI=1S/C17H15F3N2O5/c1-25-14-8-10(2-7-13(14)26-9-15(21)23)16(24)22-11-3-5-12(6-4-11)27-17(18,19)20/h2-8H,9H2,1H3,(H2,21,23)(H,22,24). The van der Waals surface area contributed by atoms with Gasteiger partial charge in [-0.05, 0) is 42.5 Å². The Morgan fingerprint density at radius 2 is 1.74 bits per heavy atom. The van der Waals surface area contributed by atoms with E-state index in [4.69, 9.17) is 15.2 Å². The highest BCUT2D eigenvalue weighted by Gasteiger charge is 2.30. The molecule has 0 aliphatic rings. The number of alkyl halides is 3. The zero-order valence-electron chi connectivity index (χ0n) is 14.0. The largest absolute Gasteiger partial charge is 0.573 e. The second-order valence-corrected chi connectivity index (χ2v) is 5.15. The summed E-state index contributed by atoms with van der Waals surface area (Å²) in [6.45, 7) is -0.353. The average molecular weight is 384 g/mol. The molecule has 0 heterocycles. The van der Waals surface area contributed by atoms with Crippen molar-refractivity contribution in [1.29, 1.82) is 0 Å². The quantitative estimate of drug-likeness (QED) is 0.765. The normalized spacial score (nSPS) is 10.8. The van der Waals surface area contributed by atoms with Gasteiger partial charge in [0, 0.05) is 11.3 Å². The fourth-order valence-corrected chi connectivity index (χ4v) is 2.02. The number of halogens is 3. The summed E-state index contributed by atoms with van der Waals surface area (Å²) in [6.07, 6.45) is -4.79. The number of amides is 2. The van der Waals surface area contributed by atoms with Gasteiger partial charge in [0.1, 0.15) is 5.75 Å². The van der Waals surface area contributed by atoms with Crippen molar-refractivity contribution < 1.29 is 37.0 Å². The first-order valence-electron chi connectivity index (χ1n) is 7.44. The molecule has 0 fully saturated rings. The third-order valence-corrected chi connectivity index (χ3v) is 3.14. The van der Waals surface area contributed by atoms with Crippen LogP contribution in [0, 0.1) is 0 Å². The molecule has 0 aliphatic carbocycles. The van der Waals surface area contributed by atoms with Crippen molar-refractivity contribution in [3.05, 3.63) is 48.0 Å². The van der Waals surface area contributed by atoms with E-state index in [-0.39, 0.29) is 29.4 Å². The van der Waals surface area contributed by atoms with Crippen LogP contribution in [0.1, 0.15) is 10.4 Å². The Morgan fingerprint density at radius 3 is 2.30 bits per heavy atom. The molecule has 0 aliphatic heterocycles. The minimum absolute atomic E-state index is 0.203. The minimum Gasteiger partial charge on any atom is -0.493 e. The molecule has 0 spiro atoms. The molecule has 2 aromatic rings. The Morgan fingerprint density at radius 1 is 1.07 bits per heavy atom. The third kappa shape index (κ3) is 6.10. The van der Waals surface area contributed by atoms with Crippen LogP contribution in [-0.4, -0.2) is 31.9 Å². The van der Waals surface area contributed by atoms with Crippen molar-refractivity contribution in [3.63, 3.8) is 0 Å². The highest BCUT2D eigenvalue weighted by Crippen LogP contribution is 2.29. The van der Waals surface area contributed by atoms with E-state index in [1.165, 1.54) is 37.4 Å². The molecule has 0 radical (unpaired) electrons. The fraction of sp³-hybridized carbons (Fsp3) is 0.176. The molecule has 10 heteroatoms. The molecule has 0 atom stereocenters. The lowest BCUT2D eigenvalue weighted by molar-refractivity contribution is -0.274. The van der Waals surface area contributed by atoms with E-state index in [1.54, 1.807) is 0 Å². The highest BCUT2D eigenvalue weighted by molar-refractivity contribution is 6.04. The van der Waals surface area contributed by atoms with Crippen LogP contribution in [0.25, 0.3) is 0 Å². The number of hydrogen-bond donors (Lipinski definition) is 2. The van der Waals surface area contributed by atoms with Gasteiger partial charge in [0.25, 0.3) is 11.8 Å². The van der Waals surface area contributed by atoms with Crippen LogP contribution in [-0.2, 0) is 4.79 Å². The van der Waals surface area contributed by atoms with E-state index < -0.39 is 23.9 Å². The Labute approximate surface area is 151 Å². The fourth-order valence-electron chi connectivity index (χ4n) is 2.02. The molecular formula is C17H15F3N2O5. The van der Waals surface area contributed by atoms with Gasteiger partial charge in [0.05, 0.1) is 7.11 Å². The van der Waals surface area contributed by atoms with Crippen molar-refractivity contribution in [2.45, 2.75) is 6.36 Å². The van der Waals surface area contributed by atoms with Gasteiger partial charge in [-0.3, -0.25) is 9.59 Å². The number of nitrogens with one attached hydrogen (secondary N) is 1. The van der Waals surface area contributed by atoms with Gasteiger partial charge >= 0.3 is 6.36 Å².